The molecular weight excluding hydrogens is 1110 g/mol. The summed E-state index contributed by atoms with van der Waals surface area (Å²) in [5.41, 5.74) is 6.92. The van der Waals surface area contributed by atoms with Crippen molar-refractivity contribution in [3.8, 4) is 27.6 Å². The number of aromatic amines is 1. The van der Waals surface area contributed by atoms with Crippen LogP contribution in [0.25, 0.3) is 21.8 Å². The second-order valence-corrected chi connectivity index (χ2v) is 24.3. The number of aryl methyl sites for hydroxylation is 1. The molecule has 0 saturated carbocycles. The second-order valence-electron chi connectivity index (χ2n) is 23.4. The van der Waals surface area contributed by atoms with E-state index in [2.05, 4.69) is 46.7 Å². The molecule has 20 nitrogen and oxygen atoms in total. The first-order valence-electron chi connectivity index (χ1n) is 30.4. The van der Waals surface area contributed by atoms with Crippen LogP contribution < -0.4 is 31.3 Å². The van der Waals surface area contributed by atoms with Crippen molar-refractivity contribution in [2.45, 2.75) is 142 Å². The van der Waals surface area contributed by atoms with Crippen molar-refractivity contribution in [3.05, 3.63) is 131 Å². The number of rotatable bonds is 33. The number of likely N-dealkylation sites (tertiary alicyclic amines) is 1. The Balaban J connectivity index is 0.613. The number of aliphatic hydroxyl groups is 1. The zero-order valence-electron chi connectivity index (χ0n) is 50.5. The molecule has 6 aromatic rings. The lowest BCUT2D eigenvalue weighted by Crippen LogP contribution is -2.57. The van der Waals surface area contributed by atoms with Gasteiger partial charge in [-0.15, -0.1) is 11.3 Å². The number of thiazole rings is 1. The van der Waals surface area contributed by atoms with Gasteiger partial charge in [0.05, 0.1) is 66.8 Å². The maximum absolute atomic E-state index is 14.0. The molecule has 8 rings (SSSR count). The quantitative estimate of drug-likeness (QED) is 0.0190. The number of carbonyl (C=O) groups excluding carboxylic acids is 4. The molecule has 0 aliphatic carbocycles. The maximum atomic E-state index is 14.0. The van der Waals surface area contributed by atoms with Gasteiger partial charge in [0.25, 0.3) is 5.91 Å². The normalized spacial score (nSPS) is 16.5. The number of nitrogens with one attached hydrogen (secondary N) is 6. The number of hydrogen-bond donors (Lipinski definition) is 7. The number of hydrogen-bond acceptors (Lipinski definition) is 16. The molecule has 3 aromatic carbocycles. The topological polar surface area (TPSA) is 256 Å². The summed E-state index contributed by atoms with van der Waals surface area (Å²) >= 11 is 1.58. The third-order valence-electron chi connectivity index (χ3n) is 15.7. The van der Waals surface area contributed by atoms with Crippen molar-refractivity contribution in [2.75, 3.05) is 71.2 Å². The van der Waals surface area contributed by atoms with Crippen LogP contribution in [0.4, 0.5) is 5.69 Å². The third-order valence-corrected chi connectivity index (χ3v) is 16.6. The summed E-state index contributed by atoms with van der Waals surface area (Å²) in [5, 5.41) is 34.5. The molecule has 2 saturated heterocycles. The summed E-state index contributed by atoms with van der Waals surface area (Å²) in [6.07, 6.45) is 10.8. The summed E-state index contributed by atoms with van der Waals surface area (Å²) in [6, 6.07) is 25.3. The standard InChI is InChI=1S/C65H87N11O9S/c1-45(70-60(79)51-14-13-15-52(40-51)73-65(27-31-67-32-28-65)63-72-59(74-75-63)50-25-29-66-30-26-50)48-21-23-54(24-22-48)85-35-12-7-6-10-33-82-36-38-84-39-37-83-34-11-8-9-16-56(78)71-58(64(3,4)5)62(81)76-43-53(77)41-55(76)61(80)68-42-47-17-19-49(20-18-47)57-46(2)69-44-86-57/h13-15,17-26,29-30,40,44-45,53,55,58,67,73,77H,6-12,16,27-28,31-39,41-43H2,1-5H3,(H,68,80)(H,70,79)(H,71,78)(H,72,74,75)/t45-,53+,55?,58+/m0/s1. The van der Waals surface area contributed by atoms with E-state index in [1.54, 1.807) is 23.7 Å². The molecule has 0 bridgehead atoms. The van der Waals surface area contributed by atoms with E-state index in [1.165, 1.54) is 4.90 Å². The van der Waals surface area contributed by atoms with Crippen LogP contribution in [-0.2, 0) is 40.7 Å². The zero-order valence-corrected chi connectivity index (χ0v) is 51.4. The fraction of sp³-hybridized carbons (Fsp3) is 0.508. The van der Waals surface area contributed by atoms with E-state index < -0.39 is 29.1 Å². The zero-order chi connectivity index (χ0) is 60.7. The summed E-state index contributed by atoms with van der Waals surface area (Å²) in [6.45, 7) is 15.4. The number of amides is 4. The van der Waals surface area contributed by atoms with Gasteiger partial charge < -0.3 is 55.5 Å². The fourth-order valence-electron chi connectivity index (χ4n) is 10.7. The highest BCUT2D eigenvalue weighted by Crippen LogP contribution is 2.35. The number of aliphatic hydroxyl groups excluding tert-OH is 1. The maximum Gasteiger partial charge on any atom is 0.251 e. The molecule has 2 fully saturated rings. The van der Waals surface area contributed by atoms with Crippen LogP contribution in [0.2, 0.25) is 0 Å². The number of anilines is 1. The molecule has 4 amide bonds. The summed E-state index contributed by atoms with van der Waals surface area (Å²) in [7, 11) is 0. The van der Waals surface area contributed by atoms with E-state index in [1.807, 2.05) is 125 Å². The van der Waals surface area contributed by atoms with Crippen LogP contribution in [0.3, 0.4) is 0 Å². The van der Waals surface area contributed by atoms with E-state index in [0.717, 1.165) is 115 Å². The SMILES string of the molecule is Cc1ncsc1-c1ccc(CNC(=O)C2C[C@@H](O)CN2C(=O)[C@@H](NC(=O)CCCCCOCCOCCOCCCCCCOc2ccc([C@H](C)NC(=O)c3cccc(NC4(c5nc(-c6ccncc6)n[nH]5)CCNCC4)c3)cc2)C(C)(C)C)cc1. The molecule has 2 aliphatic heterocycles. The minimum absolute atomic E-state index is 0.0219. The van der Waals surface area contributed by atoms with Crippen LogP contribution in [-0.4, -0.2) is 143 Å². The summed E-state index contributed by atoms with van der Waals surface area (Å²) in [5.74, 6) is 1.07. The molecule has 3 aromatic heterocycles. The van der Waals surface area contributed by atoms with Gasteiger partial charge in [0.1, 0.15) is 17.8 Å². The van der Waals surface area contributed by atoms with Crippen molar-refractivity contribution in [2.24, 2.45) is 5.41 Å². The second kappa shape index (κ2) is 32.6. The number of unbranched alkanes of at least 4 members (excludes halogenated alkanes) is 5. The minimum Gasteiger partial charge on any atom is -0.494 e. The lowest BCUT2D eigenvalue weighted by molar-refractivity contribution is -0.144. The van der Waals surface area contributed by atoms with Crippen molar-refractivity contribution < 1.29 is 43.2 Å². The lowest BCUT2D eigenvalue weighted by Gasteiger charge is -2.37. The minimum atomic E-state index is -0.870. The monoisotopic (exact) mass is 1200 g/mol. The fourth-order valence-corrected chi connectivity index (χ4v) is 11.5. The first kappa shape index (κ1) is 64.8. The Kier molecular flexibility index (Phi) is 24.5. The first-order valence-corrected chi connectivity index (χ1v) is 31.3. The number of ether oxygens (including phenoxy) is 4. The smallest absolute Gasteiger partial charge is 0.251 e. The van der Waals surface area contributed by atoms with Gasteiger partial charge in [0, 0.05) is 68.4 Å². The Hall–Kier alpha value is -7.14. The highest BCUT2D eigenvalue weighted by atomic mass is 32.1. The number of benzene rings is 3. The number of β-amino-alcohol motifs (C(OH)–C–C–N with tert-alkyl or cyclic N) is 1. The van der Waals surface area contributed by atoms with Gasteiger partial charge in [-0.2, -0.15) is 5.10 Å². The Labute approximate surface area is 509 Å². The number of carbonyl (C=O) groups is 4. The molecule has 1 unspecified atom stereocenters. The average Bonchev–Trinajstić information content (AvgIpc) is 2.17. The molecule has 4 atom stereocenters. The molecule has 0 radical (unpaired) electrons. The average molecular weight is 1200 g/mol. The van der Waals surface area contributed by atoms with Crippen molar-refractivity contribution in [1.29, 1.82) is 0 Å². The van der Waals surface area contributed by atoms with Gasteiger partial charge in [0.2, 0.25) is 17.7 Å². The molecule has 86 heavy (non-hydrogen) atoms. The van der Waals surface area contributed by atoms with Crippen LogP contribution in [0.15, 0.2) is 103 Å². The molecular formula is C65H87N11O9S. The van der Waals surface area contributed by atoms with Gasteiger partial charge >= 0.3 is 0 Å². The molecule has 21 heteroatoms. The Morgan fingerprint density at radius 1 is 0.802 bits per heavy atom. The largest absolute Gasteiger partial charge is 0.494 e. The van der Waals surface area contributed by atoms with Gasteiger partial charge in [0.15, 0.2) is 11.6 Å². The van der Waals surface area contributed by atoms with Crippen LogP contribution in [0.5, 0.6) is 5.75 Å². The van der Waals surface area contributed by atoms with Gasteiger partial charge in [-0.3, -0.25) is 29.3 Å². The van der Waals surface area contributed by atoms with Crippen molar-refractivity contribution in [3.63, 3.8) is 0 Å². The van der Waals surface area contributed by atoms with Crippen LogP contribution in [0, 0.1) is 12.3 Å². The molecule has 462 valence electrons. The van der Waals surface area contributed by atoms with E-state index in [4.69, 9.17) is 23.9 Å². The number of aromatic nitrogens is 5. The van der Waals surface area contributed by atoms with E-state index in [9.17, 15) is 24.3 Å². The highest BCUT2D eigenvalue weighted by molar-refractivity contribution is 7.13. The van der Waals surface area contributed by atoms with E-state index >= 15 is 0 Å². The number of pyridine rings is 1. The van der Waals surface area contributed by atoms with Gasteiger partial charge in [-0.1, -0.05) is 76.1 Å². The Bertz CT molecular complexity index is 3060. The molecule has 2 aliphatic rings. The van der Waals surface area contributed by atoms with Gasteiger partial charge in [-0.05, 0) is 136 Å². The predicted octanol–water partition coefficient (Wildman–Crippen LogP) is 8.84. The summed E-state index contributed by atoms with van der Waals surface area (Å²) < 4.78 is 23.2. The number of nitrogens with zero attached hydrogens (tertiary/aromatic N) is 5. The van der Waals surface area contributed by atoms with E-state index in [-0.39, 0.29) is 55.6 Å². The number of H-pyrrole nitrogens is 1. The van der Waals surface area contributed by atoms with Crippen molar-refractivity contribution in [1.82, 2.24) is 51.3 Å². The number of piperidine rings is 1. The molecule has 7 N–H and O–H groups in total. The molecule has 5 heterocycles. The lowest BCUT2D eigenvalue weighted by atomic mass is 9.85. The van der Waals surface area contributed by atoms with Crippen LogP contribution in [0.1, 0.15) is 137 Å². The summed E-state index contributed by atoms with van der Waals surface area (Å²) in [4.78, 5) is 70.0. The van der Waals surface area contributed by atoms with E-state index in [0.29, 0.717) is 64.1 Å². The van der Waals surface area contributed by atoms with Gasteiger partial charge in [-0.25, -0.2) is 9.97 Å². The first-order chi connectivity index (χ1) is 41.7. The third kappa shape index (κ3) is 19.2. The Morgan fingerprint density at radius 3 is 2.15 bits per heavy atom. The predicted molar refractivity (Wildman–Crippen MR) is 332 cm³/mol. The highest BCUT2D eigenvalue weighted by Gasteiger charge is 2.44. The molecule has 0 spiro atoms. The van der Waals surface area contributed by atoms with Crippen molar-refractivity contribution >= 4 is 40.7 Å². The van der Waals surface area contributed by atoms with Crippen LogP contribution >= 0.6 is 11.3 Å². The Morgan fingerprint density at radius 2 is 1.48 bits per heavy atom.